The zero-order chi connectivity index (χ0) is 17.0. The Morgan fingerprint density at radius 2 is 1.71 bits per heavy atom. The normalized spacial score (nSPS) is 12.3. The monoisotopic (exact) mass is 369 g/mol. The molecule has 1 heterocycles. The van der Waals surface area contributed by atoms with Crippen molar-refractivity contribution < 1.29 is 50.4 Å². The average Bonchev–Trinajstić information content (AvgIpc) is 3.17. The third kappa shape index (κ3) is 20.4. The van der Waals surface area contributed by atoms with Gasteiger partial charge in [-0.15, -0.1) is 0 Å². The Morgan fingerprint density at radius 1 is 1.08 bits per heavy atom. The van der Waals surface area contributed by atoms with Crippen LogP contribution in [0, 0.1) is 0 Å². The van der Waals surface area contributed by atoms with Gasteiger partial charge < -0.3 is 17.0 Å². The number of rotatable bonds is 8. The van der Waals surface area contributed by atoms with Crippen molar-refractivity contribution in [2.75, 3.05) is 39.2 Å². The minimum Gasteiger partial charge on any atom is -1.00 e. The number of nitrogens with one attached hydrogen (secondary N) is 1. The van der Waals surface area contributed by atoms with E-state index in [9.17, 15) is 0 Å². The van der Waals surface area contributed by atoms with Gasteiger partial charge >= 0.3 is 29.6 Å². The molecule has 0 unspecified atom stereocenters. The van der Waals surface area contributed by atoms with E-state index in [2.05, 4.69) is 38.8 Å². The third-order valence-corrected chi connectivity index (χ3v) is 3.61. The van der Waals surface area contributed by atoms with Crippen LogP contribution in [0.1, 0.15) is 32.7 Å². The fourth-order valence-corrected chi connectivity index (χ4v) is 2.18. The molecule has 0 saturated carbocycles. The number of benzene rings is 1. The van der Waals surface area contributed by atoms with Crippen LogP contribution in [0.25, 0.3) is 0 Å². The summed E-state index contributed by atoms with van der Waals surface area (Å²) in [6, 6.07) is 10.4. The molecular formula is C17H32NNaO4S. The Balaban J connectivity index is -0.000000337. The van der Waals surface area contributed by atoms with Crippen molar-refractivity contribution >= 4 is 12.0 Å². The molecule has 1 fully saturated rings. The molecule has 1 aliphatic rings. The Kier molecular flexibility index (Phi) is 25.9. The van der Waals surface area contributed by atoms with Gasteiger partial charge in [0.2, 0.25) is 0 Å². The second-order valence-electron chi connectivity index (χ2n) is 4.90. The van der Waals surface area contributed by atoms with E-state index in [1.54, 1.807) is 0 Å². The van der Waals surface area contributed by atoms with Crippen LogP contribution < -0.4 is 34.9 Å². The van der Waals surface area contributed by atoms with Gasteiger partial charge in [0.15, 0.2) is 0 Å². The summed E-state index contributed by atoms with van der Waals surface area (Å²) in [6.07, 6.45) is 5.49. The minimum atomic E-state index is 0. The first-order chi connectivity index (χ1) is 11.3. The smallest absolute Gasteiger partial charge is 1.00 e. The third-order valence-electron chi connectivity index (χ3n) is 2.93. The summed E-state index contributed by atoms with van der Waals surface area (Å²) in [6.45, 7) is 2.69. The van der Waals surface area contributed by atoms with Gasteiger partial charge in [-0.25, -0.2) is 4.89 Å². The van der Waals surface area contributed by atoms with E-state index >= 15 is 0 Å². The Morgan fingerprint density at radius 3 is 2.12 bits per heavy atom. The Hall–Kier alpha value is 0.370. The first-order valence-electron chi connectivity index (χ1n) is 8.13. The number of hydrogen-bond donors (Lipinski definition) is 3. The molecule has 7 heteroatoms. The largest absolute Gasteiger partial charge is 1.00 e. The van der Waals surface area contributed by atoms with Gasteiger partial charge in [0.05, 0.1) is 7.11 Å². The summed E-state index contributed by atoms with van der Waals surface area (Å²) < 4.78 is 4.69. The van der Waals surface area contributed by atoms with Crippen LogP contribution in [-0.4, -0.2) is 49.4 Å². The molecule has 0 spiro atoms. The van der Waals surface area contributed by atoms with Crippen LogP contribution >= 0.6 is 12.0 Å². The topological polar surface area (TPSA) is 71.0 Å². The van der Waals surface area contributed by atoms with Crippen LogP contribution in [0.5, 0.6) is 0 Å². The molecule has 1 aromatic rings. The van der Waals surface area contributed by atoms with E-state index in [1.807, 2.05) is 6.07 Å². The van der Waals surface area contributed by atoms with E-state index in [0.717, 1.165) is 18.6 Å². The predicted octanol–water partition coefficient (Wildman–Crippen LogP) is -0.307. The van der Waals surface area contributed by atoms with E-state index < -0.39 is 0 Å². The molecular weight excluding hydrogens is 337 g/mol. The fourth-order valence-electron chi connectivity index (χ4n) is 1.76. The number of hydrogen-bond acceptors (Lipinski definition) is 6. The SMILES string of the molecule is C1CCNC1.COOSCCCc1ccccc1.OCCCO.[H-].[Na+]. The fraction of sp³-hybridized carbons (Fsp3) is 0.647. The maximum Gasteiger partial charge on any atom is 1.00 e. The van der Waals surface area contributed by atoms with Gasteiger partial charge in [0.1, 0.15) is 0 Å². The summed E-state index contributed by atoms with van der Waals surface area (Å²) in [5, 5.41) is 19.0. The molecule has 1 aromatic carbocycles. The molecule has 0 bridgehead atoms. The standard InChI is InChI=1S/C10H14O2S.C4H9N.C3H8O2.Na.H/c1-11-12-13-9-5-8-10-6-3-2-4-7-10;1-2-4-5-3-1;4-2-1-3-5;;/h2-4,6-7H,5,8-9H2,1H3;5H,1-4H2;4-5H,1-3H2;;/q;;;+1;-1. The maximum atomic E-state index is 7.91. The van der Waals surface area contributed by atoms with E-state index in [1.165, 1.54) is 50.6 Å². The molecule has 0 amide bonds. The van der Waals surface area contributed by atoms with Crippen molar-refractivity contribution in [2.45, 2.75) is 32.1 Å². The van der Waals surface area contributed by atoms with Crippen molar-refractivity contribution in [3.63, 3.8) is 0 Å². The predicted molar refractivity (Wildman–Crippen MR) is 97.3 cm³/mol. The van der Waals surface area contributed by atoms with Gasteiger partial charge in [0.25, 0.3) is 0 Å². The first kappa shape index (κ1) is 26.6. The van der Waals surface area contributed by atoms with Gasteiger partial charge in [-0.3, -0.25) is 0 Å². The van der Waals surface area contributed by atoms with Gasteiger partial charge in [-0.1, -0.05) is 30.3 Å². The van der Waals surface area contributed by atoms with Crippen LogP contribution in [0.3, 0.4) is 0 Å². The van der Waals surface area contributed by atoms with Gasteiger partial charge in [0, 0.05) is 31.0 Å². The Bertz CT molecular complexity index is 326. The molecule has 3 N–H and O–H groups in total. The zero-order valence-electron chi connectivity index (χ0n) is 16.1. The van der Waals surface area contributed by atoms with Crippen molar-refractivity contribution in [1.82, 2.24) is 5.32 Å². The molecule has 136 valence electrons. The summed E-state index contributed by atoms with van der Waals surface area (Å²) in [5.74, 6) is 0.961. The van der Waals surface area contributed by atoms with E-state index in [-0.39, 0.29) is 44.2 Å². The quantitative estimate of drug-likeness (QED) is 0.192. The van der Waals surface area contributed by atoms with Crippen LogP contribution in [0.4, 0.5) is 0 Å². The molecule has 1 aliphatic heterocycles. The second-order valence-corrected chi connectivity index (χ2v) is 5.68. The number of aliphatic hydroxyl groups excluding tert-OH is 2. The van der Waals surface area contributed by atoms with Crippen LogP contribution in [-0.2, 0) is 15.6 Å². The van der Waals surface area contributed by atoms with Crippen LogP contribution in [0.2, 0.25) is 0 Å². The molecule has 2 rings (SSSR count). The van der Waals surface area contributed by atoms with Crippen molar-refractivity contribution in [2.24, 2.45) is 0 Å². The number of aryl methyl sites for hydroxylation is 1. The summed E-state index contributed by atoms with van der Waals surface area (Å²) >= 11 is 1.35. The van der Waals surface area contributed by atoms with Gasteiger partial charge in [-0.05, 0) is 50.8 Å². The summed E-state index contributed by atoms with van der Waals surface area (Å²) in [5.41, 5.74) is 1.38. The summed E-state index contributed by atoms with van der Waals surface area (Å²) in [7, 11) is 1.52. The first-order valence-corrected chi connectivity index (χ1v) is 9.04. The van der Waals surface area contributed by atoms with E-state index in [0.29, 0.717) is 6.42 Å². The van der Waals surface area contributed by atoms with Gasteiger partial charge in [-0.2, -0.15) is 4.33 Å². The number of aliphatic hydroxyl groups is 2. The van der Waals surface area contributed by atoms with Crippen molar-refractivity contribution in [3.8, 4) is 0 Å². The molecule has 0 radical (unpaired) electrons. The molecule has 0 aliphatic carbocycles. The molecule has 0 aromatic heterocycles. The van der Waals surface area contributed by atoms with E-state index in [4.69, 9.17) is 10.2 Å². The minimum absolute atomic E-state index is 0. The average molecular weight is 370 g/mol. The summed E-state index contributed by atoms with van der Waals surface area (Å²) in [4.78, 5) is 4.46. The zero-order valence-corrected chi connectivity index (χ0v) is 17.9. The van der Waals surface area contributed by atoms with Crippen LogP contribution in [0.15, 0.2) is 30.3 Å². The van der Waals surface area contributed by atoms with Crippen molar-refractivity contribution in [1.29, 1.82) is 0 Å². The Labute approximate surface area is 174 Å². The molecule has 1 saturated heterocycles. The van der Waals surface area contributed by atoms with Crippen molar-refractivity contribution in [3.05, 3.63) is 35.9 Å². The maximum absolute atomic E-state index is 7.91. The second kappa shape index (κ2) is 23.4. The molecule has 24 heavy (non-hydrogen) atoms. The molecule has 5 nitrogen and oxygen atoms in total. The molecule has 0 atom stereocenters.